The first-order chi connectivity index (χ1) is 11.7. The number of nitrogens with one attached hydrogen (secondary N) is 1. The van der Waals surface area contributed by atoms with Crippen molar-refractivity contribution < 1.29 is 9.18 Å². The minimum Gasteiger partial charge on any atom is -0.346 e. The SMILES string of the molecule is O=C(NCc1cn(-c2cccs2)nn1)c1cc2cc(F)ccc2s1. The third-order valence-electron chi connectivity index (χ3n) is 3.40. The fraction of sp³-hybridized carbons (Fsp3) is 0.0625. The molecule has 24 heavy (non-hydrogen) atoms. The first kappa shape index (κ1) is 15.0. The number of aromatic nitrogens is 3. The van der Waals surface area contributed by atoms with E-state index in [0.29, 0.717) is 10.6 Å². The van der Waals surface area contributed by atoms with Gasteiger partial charge in [-0.05, 0) is 47.2 Å². The third kappa shape index (κ3) is 2.93. The van der Waals surface area contributed by atoms with E-state index in [4.69, 9.17) is 0 Å². The number of carbonyl (C=O) groups is 1. The van der Waals surface area contributed by atoms with E-state index in [1.807, 2.05) is 17.5 Å². The van der Waals surface area contributed by atoms with Crippen molar-refractivity contribution in [2.24, 2.45) is 0 Å². The molecule has 1 amide bonds. The zero-order chi connectivity index (χ0) is 16.5. The van der Waals surface area contributed by atoms with Gasteiger partial charge in [0.2, 0.25) is 0 Å². The number of hydrogen-bond acceptors (Lipinski definition) is 5. The Kier molecular flexibility index (Phi) is 3.83. The van der Waals surface area contributed by atoms with Gasteiger partial charge in [0.05, 0.1) is 17.6 Å². The first-order valence-electron chi connectivity index (χ1n) is 7.11. The number of hydrogen-bond donors (Lipinski definition) is 1. The highest BCUT2D eigenvalue weighted by Crippen LogP contribution is 2.26. The van der Waals surface area contributed by atoms with Crippen molar-refractivity contribution in [3.8, 4) is 5.00 Å². The maximum absolute atomic E-state index is 13.2. The maximum atomic E-state index is 13.2. The van der Waals surface area contributed by atoms with Gasteiger partial charge in [0.1, 0.15) is 16.5 Å². The van der Waals surface area contributed by atoms with Crippen LogP contribution in [-0.2, 0) is 6.54 Å². The van der Waals surface area contributed by atoms with Crippen molar-refractivity contribution in [1.29, 1.82) is 0 Å². The molecule has 0 aliphatic rings. The van der Waals surface area contributed by atoms with E-state index in [2.05, 4.69) is 15.6 Å². The Hall–Kier alpha value is -2.58. The highest BCUT2D eigenvalue weighted by atomic mass is 32.1. The predicted octanol–water partition coefficient (Wildman–Crippen LogP) is 3.61. The largest absolute Gasteiger partial charge is 0.346 e. The van der Waals surface area contributed by atoms with Gasteiger partial charge in [0, 0.05) is 4.70 Å². The van der Waals surface area contributed by atoms with Crippen LogP contribution < -0.4 is 5.32 Å². The van der Waals surface area contributed by atoms with Gasteiger partial charge in [-0.1, -0.05) is 5.21 Å². The fourth-order valence-electron chi connectivity index (χ4n) is 2.27. The molecule has 0 aliphatic carbocycles. The Bertz CT molecular complexity index is 1010. The molecule has 0 saturated carbocycles. The second-order valence-corrected chi connectivity index (χ2v) is 7.09. The maximum Gasteiger partial charge on any atom is 0.261 e. The van der Waals surface area contributed by atoms with Crippen molar-refractivity contribution in [2.75, 3.05) is 0 Å². The highest BCUT2D eigenvalue weighted by molar-refractivity contribution is 7.20. The molecule has 0 atom stereocenters. The number of amides is 1. The summed E-state index contributed by atoms with van der Waals surface area (Å²) in [6, 6.07) is 10.1. The molecular weight excluding hydrogens is 347 g/mol. The highest BCUT2D eigenvalue weighted by Gasteiger charge is 2.12. The van der Waals surface area contributed by atoms with Crippen LogP contribution in [0.2, 0.25) is 0 Å². The minimum atomic E-state index is -0.308. The lowest BCUT2D eigenvalue weighted by atomic mass is 10.2. The van der Waals surface area contributed by atoms with Crippen molar-refractivity contribution in [3.05, 3.63) is 64.4 Å². The van der Waals surface area contributed by atoms with E-state index >= 15 is 0 Å². The fourth-order valence-corrected chi connectivity index (χ4v) is 3.88. The number of rotatable bonds is 4. The molecule has 120 valence electrons. The summed E-state index contributed by atoms with van der Waals surface area (Å²) >= 11 is 2.89. The molecule has 0 bridgehead atoms. The van der Waals surface area contributed by atoms with E-state index < -0.39 is 0 Å². The minimum absolute atomic E-state index is 0.206. The van der Waals surface area contributed by atoms with Gasteiger partial charge < -0.3 is 5.32 Å². The van der Waals surface area contributed by atoms with Crippen LogP contribution in [0.15, 0.2) is 48.0 Å². The van der Waals surface area contributed by atoms with Gasteiger partial charge in [0.15, 0.2) is 0 Å². The Labute approximate surface area is 144 Å². The Morgan fingerprint density at radius 3 is 3.04 bits per heavy atom. The molecule has 8 heteroatoms. The molecule has 3 heterocycles. The van der Waals surface area contributed by atoms with E-state index in [-0.39, 0.29) is 18.3 Å². The molecule has 0 spiro atoms. The van der Waals surface area contributed by atoms with Crippen molar-refractivity contribution in [2.45, 2.75) is 6.54 Å². The van der Waals surface area contributed by atoms with Crippen LogP contribution in [0.3, 0.4) is 0 Å². The standard InChI is InChI=1S/C16H11FN4OS2/c17-11-3-4-13-10(6-11)7-14(24-13)16(22)18-8-12-9-21(20-19-12)15-2-1-5-23-15/h1-7,9H,8H2,(H,18,22). The van der Waals surface area contributed by atoms with E-state index in [0.717, 1.165) is 15.1 Å². The lowest BCUT2D eigenvalue weighted by Gasteiger charge is -1.99. The van der Waals surface area contributed by atoms with E-state index in [1.165, 1.54) is 23.5 Å². The molecule has 4 aromatic rings. The summed E-state index contributed by atoms with van der Waals surface area (Å²) in [6.07, 6.45) is 1.78. The number of nitrogens with zero attached hydrogens (tertiary/aromatic N) is 3. The number of thiophene rings is 2. The average molecular weight is 358 g/mol. The Morgan fingerprint density at radius 2 is 2.21 bits per heavy atom. The monoisotopic (exact) mass is 358 g/mol. The first-order valence-corrected chi connectivity index (χ1v) is 8.81. The summed E-state index contributed by atoms with van der Waals surface area (Å²) < 4.78 is 15.8. The molecule has 5 nitrogen and oxygen atoms in total. The molecule has 0 unspecified atom stereocenters. The summed E-state index contributed by atoms with van der Waals surface area (Å²) in [4.78, 5) is 12.8. The molecule has 0 aliphatic heterocycles. The van der Waals surface area contributed by atoms with Crippen LogP contribution >= 0.6 is 22.7 Å². The lowest BCUT2D eigenvalue weighted by Crippen LogP contribution is -2.21. The van der Waals surface area contributed by atoms with Crippen molar-refractivity contribution in [1.82, 2.24) is 20.3 Å². The van der Waals surface area contributed by atoms with Crippen LogP contribution in [0.25, 0.3) is 15.1 Å². The quantitative estimate of drug-likeness (QED) is 0.606. The molecule has 0 radical (unpaired) electrons. The molecule has 3 aromatic heterocycles. The van der Waals surface area contributed by atoms with Gasteiger partial charge in [-0.25, -0.2) is 9.07 Å². The molecular formula is C16H11FN4OS2. The summed E-state index contributed by atoms with van der Waals surface area (Å²) in [6.45, 7) is 0.285. The molecule has 1 aromatic carbocycles. The van der Waals surface area contributed by atoms with Gasteiger partial charge in [-0.15, -0.1) is 27.8 Å². The number of carbonyl (C=O) groups excluding carboxylic acids is 1. The Morgan fingerprint density at radius 1 is 1.29 bits per heavy atom. The summed E-state index contributed by atoms with van der Waals surface area (Å²) in [5, 5.41) is 14.6. The van der Waals surface area contributed by atoms with Gasteiger partial charge in [0.25, 0.3) is 5.91 Å². The summed E-state index contributed by atoms with van der Waals surface area (Å²) in [5.41, 5.74) is 0.670. The van der Waals surface area contributed by atoms with Crippen LogP contribution in [0.4, 0.5) is 4.39 Å². The smallest absolute Gasteiger partial charge is 0.261 e. The number of halogens is 1. The van der Waals surface area contributed by atoms with Crippen LogP contribution in [0.1, 0.15) is 15.4 Å². The molecule has 0 fully saturated rings. The lowest BCUT2D eigenvalue weighted by molar-refractivity contribution is 0.0954. The topological polar surface area (TPSA) is 59.8 Å². The number of fused-ring (bicyclic) bond motifs is 1. The van der Waals surface area contributed by atoms with Crippen molar-refractivity contribution in [3.63, 3.8) is 0 Å². The third-order valence-corrected chi connectivity index (χ3v) is 5.38. The van der Waals surface area contributed by atoms with Gasteiger partial charge in [-0.2, -0.15) is 0 Å². The predicted molar refractivity (Wildman–Crippen MR) is 92.2 cm³/mol. The van der Waals surface area contributed by atoms with Crippen molar-refractivity contribution >= 4 is 38.7 Å². The zero-order valence-corrected chi connectivity index (χ0v) is 13.9. The summed E-state index contributed by atoms with van der Waals surface area (Å²) in [7, 11) is 0. The second-order valence-electron chi connectivity index (χ2n) is 5.08. The zero-order valence-electron chi connectivity index (χ0n) is 12.3. The van der Waals surface area contributed by atoms with Gasteiger partial charge in [-0.3, -0.25) is 4.79 Å². The van der Waals surface area contributed by atoms with Crippen LogP contribution in [-0.4, -0.2) is 20.9 Å². The second kappa shape index (κ2) is 6.14. The van der Waals surface area contributed by atoms with Gasteiger partial charge >= 0.3 is 0 Å². The summed E-state index contributed by atoms with van der Waals surface area (Å²) in [5.74, 6) is -0.514. The van der Waals surface area contributed by atoms with E-state index in [1.54, 1.807) is 34.3 Å². The van der Waals surface area contributed by atoms with Crippen LogP contribution in [0.5, 0.6) is 0 Å². The Balaban J connectivity index is 1.46. The molecule has 0 saturated heterocycles. The van der Waals surface area contributed by atoms with E-state index in [9.17, 15) is 9.18 Å². The van der Waals surface area contributed by atoms with Crippen LogP contribution in [0, 0.1) is 5.82 Å². The average Bonchev–Trinajstić information content (AvgIpc) is 3.30. The molecule has 1 N–H and O–H groups in total. The number of benzene rings is 1. The molecule has 4 rings (SSSR count). The normalized spacial score (nSPS) is 11.0.